The molecule has 1 atom stereocenters. The Hall–Kier alpha value is -2.60. The molecule has 0 spiro atoms. The van der Waals surface area contributed by atoms with E-state index in [9.17, 15) is 4.79 Å². The highest BCUT2D eigenvalue weighted by atomic mass is 32.1. The molecule has 116 valence electrons. The summed E-state index contributed by atoms with van der Waals surface area (Å²) in [6.07, 6.45) is -0.751. The number of thiazole rings is 1. The average Bonchev–Trinajstić information content (AvgIpc) is 3.02. The van der Waals surface area contributed by atoms with Crippen LogP contribution in [0.2, 0.25) is 0 Å². The van der Waals surface area contributed by atoms with Gasteiger partial charge in [-0.3, -0.25) is 0 Å². The summed E-state index contributed by atoms with van der Waals surface area (Å²) in [4.78, 5) is 16.6. The molecule has 23 heavy (non-hydrogen) atoms. The first-order chi connectivity index (χ1) is 11.3. The maximum Gasteiger partial charge on any atom is 0.351 e. The Labute approximate surface area is 136 Å². The highest BCUT2D eigenvalue weighted by molar-refractivity contribution is 7.18. The van der Waals surface area contributed by atoms with Crippen molar-refractivity contribution in [2.75, 3.05) is 6.61 Å². The second kappa shape index (κ2) is 5.89. The smallest absolute Gasteiger partial charge is 0.351 e. The molecule has 0 saturated carbocycles. The minimum Gasteiger partial charge on any atom is -0.485 e. The Bertz CT molecular complexity index is 827. The number of fused-ring (bicyclic) bond motifs is 2. The standard InChI is InChI=1S/C17H13NO4S/c19-17(14-9-20-12-6-2-3-7-13(12)22-14)21-10-16-18-11-5-1-4-8-15(11)23-16/h1-8,14H,9-10H2/t14-/m1/s1. The number of carbonyl (C=O) groups excluding carboxylic acids is 1. The molecule has 0 aliphatic carbocycles. The van der Waals surface area contributed by atoms with Gasteiger partial charge in [-0.15, -0.1) is 11.3 Å². The van der Waals surface area contributed by atoms with Crippen molar-refractivity contribution in [1.82, 2.24) is 4.98 Å². The fourth-order valence-corrected chi connectivity index (χ4v) is 3.22. The zero-order chi connectivity index (χ0) is 15.6. The molecule has 0 fully saturated rings. The Morgan fingerprint density at radius 2 is 1.96 bits per heavy atom. The number of carbonyl (C=O) groups is 1. The third-order valence-corrected chi connectivity index (χ3v) is 4.46. The molecular formula is C17H13NO4S. The van der Waals surface area contributed by atoms with Crippen molar-refractivity contribution in [2.45, 2.75) is 12.7 Å². The molecule has 1 aliphatic heterocycles. The van der Waals surface area contributed by atoms with Crippen LogP contribution in [0.25, 0.3) is 10.2 Å². The molecule has 4 rings (SSSR count). The molecule has 0 radical (unpaired) electrons. The molecule has 0 saturated heterocycles. The van der Waals surface area contributed by atoms with Gasteiger partial charge in [0.2, 0.25) is 6.10 Å². The summed E-state index contributed by atoms with van der Waals surface area (Å²) >= 11 is 1.51. The quantitative estimate of drug-likeness (QED) is 0.692. The number of nitrogens with zero attached hydrogens (tertiary/aromatic N) is 1. The van der Waals surface area contributed by atoms with Crippen molar-refractivity contribution >= 4 is 27.5 Å². The van der Waals surface area contributed by atoms with Crippen LogP contribution in [0.3, 0.4) is 0 Å². The number of para-hydroxylation sites is 3. The minimum atomic E-state index is -0.751. The largest absolute Gasteiger partial charge is 0.485 e. The number of ether oxygens (including phenoxy) is 3. The maximum atomic E-state index is 12.1. The molecular weight excluding hydrogens is 314 g/mol. The number of aromatic nitrogens is 1. The van der Waals surface area contributed by atoms with Crippen molar-refractivity contribution in [3.8, 4) is 11.5 Å². The highest BCUT2D eigenvalue weighted by Crippen LogP contribution is 2.31. The summed E-state index contributed by atoms with van der Waals surface area (Å²) in [5.74, 6) is 0.752. The predicted molar refractivity (Wildman–Crippen MR) is 85.8 cm³/mol. The summed E-state index contributed by atoms with van der Waals surface area (Å²) in [7, 11) is 0. The van der Waals surface area contributed by atoms with E-state index in [1.807, 2.05) is 36.4 Å². The Morgan fingerprint density at radius 1 is 1.17 bits per heavy atom. The maximum absolute atomic E-state index is 12.1. The molecule has 1 aliphatic rings. The van der Waals surface area contributed by atoms with Gasteiger partial charge in [-0.1, -0.05) is 24.3 Å². The Kier molecular flexibility index (Phi) is 3.59. The normalized spacial score (nSPS) is 16.3. The zero-order valence-electron chi connectivity index (χ0n) is 12.1. The van der Waals surface area contributed by atoms with Crippen molar-refractivity contribution in [3.05, 3.63) is 53.5 Å². The molecule has 5 nitrogen and oxygen atoms in total. The van der Waals surface area contributed by atoms with E-state index in [0.29, 0.717) is 11.5 Å². The van der Waals surface area contributed by atoms with Crippen LogP contribution in [0, 0.1) is 0 Å². The van der Waals surface area contributed by atoms with Gasteiger partial charge in [0.05, 0.1) is 10.2 Å². The van der Waals surface area contributed by atoms with Crippen LogP contribution in [0.1, 0.15) is 5.01 Å². The fourth-order valence-electron chi connectivity index (χ4n) is 2.34. The first-order valence-electron chi connectivity index (χ1n) is 7.19. The molecule has 3 aromatic rings. The average molecular weight is 327 g/mol. The van der Waals surface area contributed by atoms with Gasteiger partial charge in [0.15, 0.2) is 11.5 Å². The SMILES string of the molecule is O=C(OCc1nc2ccccc2s1)[C@H]1COc2ccccc2O1. The van der Waals surface area contributed by atoms with Crippen LogP contribution >= 0.6 is 11.3 Å². The lowest BCUT2D eigenvalue weighted by atomic mass is 10.2. The van der Waals surface area contributed by atoms with Crippen LogP contribution in [-0.2, 0) is 16.1 Å². The third-order valence-electron chi connectivity index (χ3n) is 3.45. The predicted octanol–water partition coefficient (Wildman–Crippen LogP) is 3.18. The summed E-state index contributed by atoms with van der Waals surface area (Å²) in [5.41, 5.74) is 0.912. The van der Waals surface area contributed by atoms with Gasteiger partial charge < -0.3 is 14.2 Å². The van der Waals surface area contributed by atoms with E-state index < -0.39 is 12.1 Å². The molecule has 0 bridgehead atoms. The van der Waals surface area contributed by atoms with Crippen LogP contribution < -0.4 is 9.47 Å². The van der Waals surface area contributed by atoms with Crippen LogP contribution in [0.5, 0.6) is 11.5 Å². The zero-order valence-corrected chi connectivity index (χ0v) is 12.9. The second-order valence-electron chi connectivity index (χ2n) is 5.05. The Morgan fingerprint density at radius 3 is 2.83 bits per heavy atom. The minimum absolute atomic E-state index is 0.139. The first-order valence-corrected chi connectivity index (χ1v) is 8.01. The second-order valence-corrected chi connectivity index (χ2v) is 6.16. The third kappa shape index (κ3) is 2.85. The van der Waals surface area contributed by atoms with Crippen molar-refractivity contribution in [3.63, 3.8) is 0 Å². The topological polar surface area (TPSA) is 57.7 Å². The molecule has 0 amide bonds. The van der Waals surface area contributed by atoms with Crippen LogP contribution in [0.4, 0.5) is 0 Å². The number of hydrogen-bond acceptors (Lipinski definition) is 6. The van der Waals surface area contributed by atoms with Gasteiger partial charge in [0.25, 0.3) is 0 Å². The van der Waals surface area contributed by atoms with E-state index in [-0.39, 0.29) is 13.2 Å². The van der Waals surface area contributed by atoms with E-state index in [2.05, 4.69) is 4.98 Å². The molecule has 0 unspecified atom stereocenters. The van der Waals surface area contributed by atoms with Crippen molar-refractivity contribution in [1.29, 1.82) is 0 Å². The van der Waals surface area contributed by atoms with Gasteiger partial charge in [-0.05, 0) is 24.3 Å². The highest BCUT2D eigenvalue weighted by Gasteiger charge is 2.28. The van der Waals surface area contributed by atoms with E-state index >= 15 is 0 Å². The molecule has 6 heteroatoms. The van der Waals surface area contributed by atoms with Gasteiger partial charge in [0, 0.05) is 0 Å². The van der Waals surface area contributed by atoms with Gasteiger partial charge in [-0.25, -0.2) is 9.78 Å². The summed E-state index contributed by atoms with van der Waals surface area (Å²) in [5, 5.41) is 0.761. The van der Waals surface area contributed by atoms with E-state index in [1.54, 1.807) is 12.1 Å². The first kappa shape index (κ1) is 14.0. The van der Waals surface area contributed by atoms with E-state index in [0.717, 1.165) is 15.2 Å². The van der Waals surface area contributed by atoms with Crippen LogP contribution in [0.15, 0.2) is 48.5 Å². The van der Waals surface area contributed by atoms with Gasteiger partial charge in [0.1, 0.15) is 18.2 Å². The molecule has 0 N–H and O–H groups in total. The molecule has 2 heterocycles. The summed E-state index contributed by atoms with van der Waals surface area (Å²) in [6.45, 7) is 0.287. The fraction of sp³-hybridized carbons (Fsp3) is 0.176. The number of esters is 1. The summed E-state index contributed by atoms with van der Waals surface area (Å²) in [6, 6.07) is 15.1. The lowest BCUT2D eigenvalue weighted by Gasteiger charge is -2.24. The van der Waals surface area contributed by atoms with Crippen molar-refractivity contribution < 1.29 is 19.0 Å². The summed E-state index contributed by atoms with van der Waals surface area (Å²) < 4.78 is 17.5. The van der Waals surface area contributed by atoms with E-state index in [4.69, 9.17) is 14.2 Å². The van der Waals surface area contributed by atoms with Crippen LogP contribution in [-0.4, -0.2) is 23.7 Å². The van der Waals surface area contributed by atoms with Gasteiger partial charge in [-0.2, -0.15) is 0 Å². The van der Waals surface area contributed by atoms with Gasteiger partial charge >= 0.3 is 5.97 Å². The molecule has 2 aromatic carbocycles. The molecule has 1 aromatic heterocycles. The Balaban J connectivity index is 1.40. The van der Waals surface area contributed by atoms with Crippen molar-refractivity contribution in [2.24, 2.45) is 0 Å². The number of benzene rings is 2. The number of hydrogen-bond donors (Lipinski definition) is 0. The number of rotatable bonds is 3. The lowest BCUT2D eigenvalue weighted by molar-refractivity contribution is -0.155. The lowest BCUT2D eigenvalue weighted by Crippen LogP contribution is -2.37. The monoisotopic (exact) mass is 327 g/mol. The van der Waals surface area contributed by atoms with E-state index in [1.165, 1.54) is 11.3 Å².